The molecule has 0 atom stereocenters. The predicted octanol–water partition coefficient (Wildman–Crippen LogP) is 3.12. The van der Waals surface area contributed by atoms with Gasteiger partial charge in [0.05, 0.1) is 18.2 Å². The van der Waals surface area contributed by atoms with Gasteiger partial charge in [0.25, 0.3) is 0 Å². The average Bonchev–Trinajstić information content (AvgIpc) is 3.12. The van der Waals surface area contributed by atoms with E-state index in [1.165, 1.54) is 5.69 Å². The molecule has 3 aromatic rings. The molecule has 3 aromatic heterocycles. The third-order valence-electron chi connectivity index (χ3n) is 3.38. The maximum atomic E-state index is 5.14. The fourth-order valence-electron chi connectivity index (χ4n) is 2.32. The lowest BCUT2D eigenvalue weighted by Crippen LogP contribution is -2.25. The number of thiazole rings is 1. The minimum Gasteiger partial charge on any atom is -0.472 e. The second-order valence-electron chi connectivity index (χ2n) is 5.46. The molecule has 0 saturated heterocycles. The fourth-order valence-corrected chi connectivity index (χ4v) is 3.05. The first-order chi connectivity index (χ1) is 10.1. The van der Waals surface area contributed by atoms with Crippen molar-refractivity contribution in [3.8, 4) is 0 Å². The number of hydrogen-bond acceptors (Lipinski definition) is 5. The molecule has 0 aromatic carbocycles. The standard InChI is InChI=1S/C15H20N4OS/c1-11(2)16-8-13-14(17-15-19(13)5-7-21-15)18(3)9-12-4-6-20-10-12/h4-7,10-11,16H,8-9H2,1-3H3. The number of aromatic nitrogens is 2. The Kier molecular flexibility index (Phi) is 3.98. The Hall–Kier alpha value is -1.79. The molecule has 0 saturated carbocycles. The first-order valence-electron chi connectivity index (χ1n) is 7.05. The van der Waals surface area contributed by atoms with Crippen LogP contribution in [0.3, 0.4) is 0 Å². The van der Waals surface area contributed by atoms with E-state index in [0.717, 1.165) is 29.4 Å². The molecule has 0 amide bonds. The van der Waals surface area contributed by atoms with Gasteiger partial charge < -0.3 is 14.6 Å². The monoisotopic (exact) mass is 304 g/mol. The van der Waals surface area contributed by atoms with Gasteiger partial charge in [0.1, 0.15) is 0 Å². The Morgan fingerprint density at radius 3 is 3.05 bits per heavy atom. The summed E-state index contributed by atoms with van der Waals surface area (Å²) in [6, 6.07) is 2.43. The molecule has 112 valence electrons. The van der Waals surface area contributed by atoms with Crippen LogP contribution in [0.4, 0.5) is 5.82 Å². The molecule has 0 radical (unpaired) electrons. The van der Waals surface area contributed by atoms with Gasteiger partial charge in [-0.15, -0.1) is 11.3 Å². The first-order valence-corrected chi connectivity index (χ1v) is 7.93. The van der Waals surface area contributed by atoms with E-state index in [0.29, 0.717) is 6.04 Å². The maximum Gasteiger partial charge on any atom is 0.195 e. The SMILES string of the molecule is CC(C)NCc1c(N(C)Cc2ccoc2)nc2sccn12. The summed E-state index contributed by atoms with van der Waals surface area (Å²) in [5, 5.41) is 5.55. The fraction of sp³-hybridized carbons (Fsp3) is 0.400. The minimum absolute atomic E-state index is 0.446. The van der Waals surface area contributed by atoms with Crippen molar-refractivity contribution < 1.29 is 4.42 Å². The van der Waals surface area contributed by atoms with Crippen molar-refractivity contribution in [3.63, 3.8) is 0 Å². The van der Waals surface area contributed by atoms with Crippen LogP contribution in [0.2, 0.25) is 0 Å². The van der Waals surface area contributed by atoms with Crippen molar-refractivity contribution in [3.05, 3.63) is 41.4 Å². The number of furan rings is 1. The van der Waals surface area contributed by atoms with Crippen molar-refractivity contribution in [1.29, 1.82) is 0 Å². The summed E-state index contributed by atoms with van der Waals surface area (Å²) in [5.41, 5.74) is 2.35. The summed E-state index contributed by atoms with van der Waals surface area (Å²) >= 11 is 1.66. The van der Waals surface area contributed by atoms with Crippen LogP contribution < -0.4 is 10.2 Å². The Bertz CT molecular complexity index is 698. The zero-order valence-corrected chi connectivity index (χ0v) is 13.4. The van der Waals surface area contributed by atoms with E-state index in [-0.39, 0.29) is 0 Å². The zero-order valence-electron chi connectivity index (χ0n) is 12.5. The molecule has 0 fully saturated rings. The largest absolute Gasteiger partial charge is 0.472 e. The van der Waals surface area contributed by atoms with Gasteiger partial charge in [-0.3, -0.25) is 4.40 Å². The number of anilines is 1. The Morgan fingerprint density at radius 2 is 2.33 bits per heavy atom. The Morgan fingerprint density at radius 1 is 1.48 bits per heavy atom. The number of fused-ring (bicyclic) bond motifs is 1. The lowest BCUT2D eigenvalue weighted by Gasteiger charge is -2.18. The summed E-state index contributed by atoms with van der Waals surface area (Å²) < 4.78 is 7.31. The smallest absolute Gasteiger partial charge is 0.195 e. The van der Waals surface area contributed by atoms with Crippen LogP contribution >= 0.6 is 11.3 Å². The van der Waals surface area contributed by atoms with Gasteiger partial charge in [0, 0.05) is 43.3 Å². The highest BCUT2D eigenvalue weighted by atomic mass is 32.1. The van der Waals surface area contributed by atoms with Gasteiger partial charge in [-0.1, -0.05) is 13.8 Å². The Balaban J connectivity index is 1.88. The second-order valence-corrected chi connectivity index (χ2v) is 6.33. The van der Waals surface area contributed by atoms with E-state index in [1.54, 1.807) is 23.9 Å². The lowest BCUT2D eigenvalue weighted by molar-refractivity contribution is 0.563. The van der Waals surface area contributed by atoms with Crippen LogP contribution in [-0.2, 0) is 13.1 Å². The van der Waals surface area contributed by atoms with Crippen LogP contribution in [-0.4, -0.2) is 22.5 Å². The van der Waals surface area contributed by atoms with E-state index >= 15 is 0 Å². The Labute approximate surface area is 128 Å². The molecular formula is C15H20N4OS. The molecule has 3 heterocycles. The molecule has 0 aliphatic heterocycles. The molecule has 0 bridgehead atoms. The van der Waals surface area contributed by atoms with E-state index in [1.807, 2.05) is 6.07 Å². The predicted molar refractivity (Wildman–Crippen MR) is 85.9 cm³/mol. The summed E-state index contributed by atoms with van der Waals surface area (Å²) in [5.74, 6) is 1.02. The molecule has 5 nitrogen and oxygen atoms in total. The maximum absolute atomic E-state index is 5.14. The summed E-state index contributed by atoms with van der Waals surface area (Å²) in [7, 11) is 2.07. The molecular weight excluding hydrogens is 284 g/mol. The van der Waals surface area contributed by atoms with Gasteiger partial charge in [-0.25, -0.2) is 4.98 Å². The number of nitrogens with one attached hydrogen (secondary N) is 1. The van der Waals surface area contributed by atoms with Crippen molar-refractivity contribution in [1.82, 2.24) is 14.7 Å². The molecule has 21 heavy (non-hydrogen) atoms. The van der Waals surface area contributed by atoms with E-state index in [4.69, 9.17) is 9.40 Å². The topological polar surface area (TPSA) is 45.7 Å². The van der Waals surface area contributed by atoms with Crippen molar-refractivity contribution in [2.45, 2.75) is 33.0 Å². The molecule has 0 unspecified atom stereocenters. The van der Waals surface area contributed by atoms with Gasteiger partial charge in [-0.2, -0.15) is 0 Å². The third-order valence-corrected chi connectivity index (χ3v) is 4.14. The van der Waals surface area contributed by atoms with Crippen LogP contribution in [0.1, 0.15) is 25.1 Å². The third kappa shape index (κ3) is 2.96. The molecule has 1 N–H and O–H groups in total. The van der Waals surface area contributed by atoms with Crippen LogP contribution in [0.25, 0.3) is 4.96 Å². The highest BCUT2D eigenvalue weighted by molar-refractivity contribution is 7.15. The van der Waals surface area contributed by atoms with E-state index in [2.05, 4.69) is 47.1 Å². The molecule has 0 spiro atoms. The molecule has 0 aliphatic carbocycles. The zero-order chi connectivity index (χ0) is 14.8. The van der Waals surface area contributed by atoms with Gasteiger partial charge in [0.15, 0.2) is 10.8 Å². The van der Waals surface area contributed by atoms with Crippen LogP contribution in [0.5, 0.6) is 0 Å². The minimum atomic E-state index is 0.446. The van der Waals surface area contributed by atoms with Gasteiger partial charge in [0.2, 0.25) is 0 Å². The number of rotatable bonds is 6. The summed E-state index contributed by atoms with van der Waals surface area (Å²) in [6.45, 7) is 5.90. The van der Waals surface area contributed by atoms with E-state index < -0.39 is 0 Å². The van der Waals surface area contributed by atoms with E-state index in [9.17, 15) is 0 Å². The molecule has 3 rings (SSSR count). The number of nitrogens with zero attached hydrogens (tertiary/aromatic N) is 3. The highest BCUT2D eigenvalue weighted by Crippen LogP contribution is 2.25. The van der Waals surface area contributed by atoms with Crippen LogP contribution in [0, 0.1) is 0 Å². The first kappa shape index (κ1) is 14.2. The second kappa shape index (κ2) is 5.91. The number of imidazole rings is 1. The average molecular weight is 304 g/mol. The molecule has 6 heteroatoms. The summed E-state index contributed by atoms with van der Waals surface area (Å²) in [4.78, 5) is 7.97. The van der Waals surface area contributed by atoms with Crippen molar-refractivity contribution in [2.24, 2.45) is 0 Å². The highest BCUT2D eigenvalue weighted by Gasteiger charge is 2.17. The quantitative estimate of drug-likeness (QED) is 0.760. The van der Waals surface area contributed by atoms with Crippen molar-refractivity contribution in [2.75, 3.05) is 11.9 Å². The van der Waals surface area contributed by atoms with Crippen LogP contribution in [0.15, 0.2) is 34.6 Å². The number of hydrogen-bond donors (Lipinski definition) is 1. The normalized spacial score (nSPS) is 11.6. The van der Waals surface area contributed by atoms with Gasteiger partial charge >= 0.3 is 0 Å². The summed E-state index contributed by atoms with van der Waals surface area (Å²) in [6.07, 6.45) is 5.57. The molecule has 0 aliphatic rings. The van der Waals surface area contributed by atoms with Crippen molar-refractivity contribution >= 4 is 22.1 Å². The lowest BCUT2D eigenvalue weighted by atomic mass is 10.3. The van der Waals surface area contributed by atoms with Gasteiger partial charge in [-0.05, 0) is 6.07 Å².